The summed E-state index contributed by atoms with van der Waals surface area (Å²) in [6.45, 7) is 6.63. The quantitative estimate of drug-likeness (QED) is 0.0261. The molecule has 0 amide bonds. The van der Waals surface area contributed by atoms with Gasteiger partial charge in [0.25, 0.3) is 0 Å². The molecule has 0 aliphatic heterocycles. The Labute approximate surface area is 441 Å². The summed E-state index contributed by atoms with van der Waals surface area (Å²) in [5, 5.41) is 0. The molecule has 0 aliphatic rings. The zero-order valence-electron chi connectivity index (χ0n) is 47.5. The SMILES string of the molecule is CCCCC/C=C\C/C=C\CCCCCCCC(=O)O[C@@H](COC(=O)CCCCCCCCC/C=C\CCCCCCCC)COC(=O)CCCCCCCCCCCCC/C=C\CCCCCCCC. The first-order valence-corrected chi connectivity index (χ1v) is 31.1. The molecule has 6 heteroatoms. The lowest BCUT2D eigenvalue weighted by molar-refractivity contribution is -0.167. The van der Waals surface area contributed by atoms with E-state index in [1.165, 1.54) is 205 Å². The van der Waals surface area contributed by atoms with E-state index in [0.29, 0.717) is 19.3 Å². The van der Waals surface area contributed by atoms with Crippen molar-refractivity contribution in [3.63, 3.8) is 0 Å². The van der Waals surface area contributed by atoms with E-state index in [1.54, 1.807) is 0 Å². The van der Waals surface area contributed by atoms with E-state index < -0.39 is 6.10 Å². The van der Waals surface area contributed by atoms with E-state index in [9.17, 15) is 14.4 Å². The molecule has 0 bridgehead atoms. The van der Waals surface area contributed by atoms with Crippen molar-refractivity contribution in [2.45, 2.75) is 335 Å². The summed E-state index contributed by atoms with van der Waals surface area (Å²) >= 11 is 0. The summed E-state index contributed by atoms with van der Waals surface area (Å²) in [4.78, 5) is 38.3. The minimum absolute atomic E-state index is 0.0785. The van der Waals surface area contributed by atoms with Crippen LogP contribution in [0.1, 0.15) is 329 Å². The highest BCUT2D eigenvalue weighted by atomic mass is 16.6. The molecule has 0 N–H and O–H groups in total. The summed E-state index contributed by atoms with van der Waals surface area (Å²) in [5.41, 5.74) is 0. The van der Waals surface area contributed by atoms with E-state index in [2.05, 4.69) is 69.4 Å². The van der Waals surface area contributed by atoms with Crippen LogP contribution in [0, 0.1) is 0 Å². The van der Waals surface area contributed by atoms with Crippen molar-refractivity contribution in [3.8, 4) is 0 Å². The van der Waals surface area contributed by atoms with Crippen LogP contribution in [0.4, 0.5) is 0 Å². The minimum Gasteiger partial charge on any atom is -0.462 e. The van der Waals surface area contributed by atoms with Crippen LogP contribution in [0.2, 0.25) is 0 Å². The highest BCUT2D eigenvalue weighted by Gasteiger charge is 2.19. The monoisotopic (exact) mass is 995 g/mol. The maximum absolute atomic E-state index is 12.9. The summed E-state index contributed by atoms with van der Waals surface area (Å²) < 4.78 is 16.9. The zero-order chi connectivity index (χ0) is 51.4. The van der Waals surface area contributed by atoms with Crippen molar-refractivity contribution in [2.75, 3.05) is 13.2 Å². The smallest absolute Gasteiger partial charge is 0.306 e. The molecule has 6 nitrogen and oxygen atoms in total. The van der Waals surface area contributed by atoms with Crippen LogP contribution in [0.15, 0.2) is 48.6 Å². The topological polar surface area (TPSA) is 78.9 Å². The molecule has 414 valence electrons. The lowest BCUT2D eigenvalue weighted by atomic mass is 10.0. The van der Waals surface area contributed by atoms with Crippen molar-refractivity contribution < 1.29 is 28.6 Å². The molecule has 1 atom stereocenters. The molecular formula is C65H118O6. The Morgan fingerprint density at radius 1 is 0.282 bits per heavy atom. The normalized spacial score (nSPS) is 12.3. The van der Waals surface area contributed by atoms with E-state index in [4.69, 9.17) is 14.2 Å². The molecule has 0 aromatic carbocycles. The van der Waals surface area contributed by atoms with E-state index in [0.717, 1.165) is 83.5 Å². The average Bonchev–Trinajstić information content (AvgIpc) is 3.37. The van der Waals surface area contributed by atoms with Gasteiger partial charge in [0.2, 0.25) is 0 Å². The number of esters is 3. The van der Waals surface area contributed by atoms with Crippen molar-refractivity contribution in [3.05, 3.63) is 48.6 Å². The van der Waals surface area contributed by atoms with Gasteiger partial charge in [-0.2, -0.15) is 0 Å². The number of hydrogen-bond donors (Lipinski definition) is 0. The molecule has 0 aliphatic carbocycles. The first-order valence-electron chi connectivity index (χ1n) is 31.1. The van der Waals surface area contributed by atoms with Gasteiger partial charge >= 0.3 is 17.9 Å². The Kier molecular flexibility index (Phi) is 57.7. The Morgan fingerprint density at radius 3 is 0.817 bits per heavy atom. The van der Waals surface area contributed by atoms with Crippen molar-refractivity contribution in [1.29, 1.82) is 0 Å². The van der Waals surface area contributed by atoms with Crippen LogP contribution in [0.25, 0.3) is 0 Å². The first kappa shape index (κ1) is 68.4. The van der Waals surface area contributed by atoms with Gasteiger partial charge in [0, 0.05) is 19.3 Å². The molecule has 0 fully saturated rings. The third-order valence-electron chi connectivity index (χ3n) is 13.8. The second-order valence-electron chi connectivity index (χ2n) is 21.0. The standard InChI is InChI=1S/C65H118O6/c1-4-7-10-13-16-19-22-25-28-30-31-32-33-35-38-40-43-46-49-52-55-58-64(67)70-61-62(71-65(68)59-56-53-50-47-44-41-36-27-24-21-18-15-12-9-6-3)60-69-63(66)57-54-51-48-45-42-39-37-34-29-26-23-20-17-14-11-8-5-2/h18,21,25-29,36,62H,4-17,19-20,22-24,30-35,37-61H2,1-3H3/b21-18-,28-25-,29-26-,36-27-/t62-/m0/s1. The van der Waals surface area contributed by atoms with Gasteiger partial charge in [-0.3, -0.25) is 14.4 Å². The summed E-state index contributed by atoms with van der Waals surface area (Å²) in [5.74, 6) is -0.880. The van der Waals surface area contributed by atoms with Gasteiger partial charge in [-0.25, -0.2) is 0 Å². The van der Waals surface area contributed by atoms with Crippen LogP contribution >= 0.6 is 0 Å². The second-order valence-corrected chi connectivity index (χ2v) is 21.0. The van der Waals surface area contributed by atoms with Gasteiger partial charge in [-0.05, 0) is 103 Å². The molecule has 0 heterocycles. The third kappa shape index (κ3) is 58.1. The predicted molar refractivity (Wildman–Crippen MR) is 307 cm³/mol. The van der Waals surface area contributed by atoms with Crippen molar-refractivity contribution in [1.82, 2.24) is 0 Å². The lowest BCUT2D eigenvalue weighted by Crippen LogP contribution is -2.30. The number of hydrogen-bond acceptors (Lipinski definition) is 6. The van der Waals surface area contributed by atoms with Crippen LogP contribution in [0.3, 0.4) is 0 Å². The number of ether oxygens (including phenoxy) is 3. The summed E-state index contributed by atoms with van der Waals surface area (Å²) in [7, 11) is 0. The number of carbonyl (C=O) groups is 3. The Morgan fingerprint density at radius 2 is 0.507 bits per heavy atom. The molecule has 0 radical (unpaired) electrons. The van der Waals surface area contributed by atoms with Gasteiger partial charge < -0.3 is 14.2 Å². The average molecular weight is 996 g/mol. The fourth-order valence-corrected chi connectivity index (χ4v) is 9.05. The number of allylic oxidation sites excluding steroid dienone is 8. The third-order valence-corrected chi connectivity index (χ3v) is 13.8. The zero-order valence-corrected chi connectivity index (χ0v) is 47.5. The molecule has 0 aromatic rings. The minimum atomic E-state index is -0.782. The molecule has 0 saturated heterocycles. The predicted octanol–water partition coefficient (Wildman–Crippen LogP) is 21.0. The lowest BCUT2D eigenvalue weighted by Gasteiger charge is -2.18. The Hall–Kier alpha value is -2.63. The van der Waals surface area contributed by atoms with Gasteiger partial charge in [-0.15, -0.1) is 0 Å². The maximum atomic E-state index is 12.9. The molecule has 0 rings (SSSR count). The summed E-state index contributed by atoms with van der Waals surface area (Å²) in [6.07, 6.45) is 73.9. The first-order chi connectivity index (χ1) is 35.0. The summed E-state index contributed by atoms with van der Waals surface area (Å²) in [6, 6.07) is 0. The number of unbranched alkanes of at least 4 members (excludes halogenated alkanes) is 38. The van der Waals surface area contributed by atoms with Gasteiger partial charge in [0.1, 0.15) is 13.2 Å². The van der Waals surface area contributed by atoms with E-state index in [-0.39, 0.29) is 31.1 Å². The van der Waals surface area contributed by atoms with Gasteiger partial charge in [0.05, 0.1) is 0 Å². The molecule has 0 saturated carbocycles. The highest BCUT2D eigenvalue weighted by Crippen LogP contribution is 2.16. The number of rotatable bonds is 57. The van der Waals surface area contributed by atoms with Crippen LogP contribution in [-0.4, -0.2) is 37.2 Å². The van der Waals surface area contributed by atoms with Crippen LogP contribution < -0.4 is 0 Å². The van der Waals surface area contributed by atoms with Crippen molar-refractivity contribution in [2.24, 2.45) is 0 Å². The van der Waals surface area contributed by atoms with Crippen molar-refractivity contribution >= 4 is 17.9 Å². The maximum Gasteiger partial charge on any atom is 0.306 e. The second kappa shape index (κ2) is 59.9. The Bertz CT molecular complexity index is 1230. The van der Waals surface area contributed by atoms with Gasteiger partial charge in [-0.1, -0.05) is 256 Å². The number of carbonyl (C=O) groups excluding carboxylic acids is 3. The molecule has 0 aromatic heterocycles. The van der Waals surface area contributed by atoms with Crippen LogP contribution in [0.5, 0.6) is 0 Å². The van der Waals surface area contributed by atoms with Gasteiger partial charge in [0.15, 0.2) is 6.10 Å². The van der Waals surface area contributed by atoms with Crippen LogP contribution in [-0.2, 0) is 28.6 Å². The molecule has 0 spiro atoms. The molecule has 0 unspecified atom stereocenters. The Balaban J connectivity index is 4.34. The van der Waals surface area contributed by atoms with E-state index >= 15 is 0 Å². The molecule has 71 heavy (non-hydrogen) atoms. The molecular weight excluding hydrogens is 877 g/mol. The highest BCUT2D eigenvalue weighted by molar-refractivity contribution is 5.71. The fourth-order valence-electron chi connectivity index (χ4n) is 9.05. The largest absolute Gasteiger partial charge is 0.462 e. The van der Waals surface area contributed by atoms with E-state index in [1.807, 2.05) is 0 Å². The fraction of sp³-hybridized carbons (Fsp3) is 0.831.